The number of rotatable bonds is 4. The molecule has 0 bridgehead atoms. The van der Waals surface area contributed by atoms with Gasteiger partial charge in [0.05, 0.1) is 11.2 Å². The van der Waals surface area contributed by atoms with Gasteiger partial charge in [-0.05, 0) is 103 Å². The molecule has 5 heteroatoms. The number of furan rings is 1. The van der Waals surface area contributed by atoms with Gasteiger partial charge in [-0.2, -0.15) is 0 Å². The highest BCUT2D eigenvalue weighted by Gasteiger charge is 2.51. The second kappa shape index (κ2) is 9.47. The summed E-state index contributed by atoms with van der Waals surface area (Å²) in [4.78, 5) is 2.33. The summed E-state index contributed by atoms with van der Waals surface area (Å²) in [5, 5.41) is 6.98. The summed E-state index contributed by atoms with van der Waals surface area (Å²) >= 11 is 0. The van der Waals surface area contributed by atoms with Gasteiger partial charge in [-0.25, -0.2) is 0 Å². The Morgan fingerprint density at radius 2 is 1.02 bits per heavy atom. The van der Waals surface area contributed by atoms with Gasteiger partial charge in [0.25, 0.3) is 0 Å². The SMILES string of the molecule is CC1(C)OB(c2ccc3c(c2)oc2ccc(N(c4ccc5ccccc5c4)c4ccc5ccccc5c4)cc23)OC1(C)C. The van der Waals surface area contributed by atoms with Gasteiger partial charge < -0.3 is 18.6 Å². The third-order valence-corrected chi connectivity index (χ3v) is 9.25. The Kier molecular flexibility index (Phi) is 5.74. The zero-order chi connectivity index (χ0) is 29.3. The Hall–Kier alpha value is -4.58. The van der Waals surface area contributed by atoms with Crippen LogP contribution < -0.4 is 10.4 Å². The van der Waals surface area contributed by atoms with Gasteiger partial charge in [-0.3, -0.25) is 0 Å². The fourth-order valence-electron chi connectivity index (χ4n) is 6.13. The van der Waals surface area contributed by atoms with Crippen LogP contribution in [0.3, 0.4) is 0 Å². The maximum atomic E-state index is 6.39. The fourth-order valence-corrected chi connectivity index (χ4v) is 6.13. The molecule has 0 aliphatic carbocycles. The number of anilines is 3. The van der Waals surface area contributed by atoms with Gasteiger partial charge >= 0.3 is 7.12 Å². The van der Waals surface area contributed by atoms with Crippen molar-refractivity contribution in [1.82, 2.24) is 0 Å². The summed E-state index contributed by atoms with van der Waals surface area (Å²) in [6.07, 6.45) is 0. The first-order valence-electron chi connectivity index (χ1n) is 14.9. The molecule has 0 amide bonds. The third kappa shape index (κ3) is 4.31. The van der Waals surface area contributed by atoms with E-state index in [4.69, 9.17) is 13.7 Å². The van der Waals surface area contributed by atoms with Crippen molar-refractivity contribution in [2.24, 2.45) is 0 Å². The molecular weight excluding hydrogens is 529 g/mol. The molecule has 8 rings (SSSR count). The molecule has 1 aromatic heterocycles. The van der Waals surface area contributed by atoms with Gasteiger partial charge in [0.2, 0.25) is 0 Å². The van der Waals surface area contributed by atoms with E-state index in [0.29, 0.717) is 0 Å². The van der Waals surface area contributed by atoms with Crippen molar-refractivity contribution >= 4 is 73.1 Å². The lowest BCUT2D eigenvalue weighted by Gasteiger charge is -2.32. The molecule has 210 valence electrons. The van der Waals surface area contributed by atoms with Crippen molar-refractivity contribution in [2.75, 3.05) is 4.90 Å². The Morgan fingerprint density at radius 1 is 0.488 bits per heavy atom. The highest BCUT2D eigenvalue weighted by Crippen LogP contribution is 2.41. The van der Waals surface area contributed by atoms with Crippen molar-refractivity contribution in [1.29, 1.82) is 0 Å². The highest BCUT2D eigenvalue weighted by atomic mass is 16.7. The zero-order valence-corrected chi connectivity index (χ0v) is 24.8. The van der Waals surface area contributed by atoms with Crippen molar-refractivity contribution in [2.45, 2.75) is 38.9 Å². The summed E-state index contributed by atoms with van der Waals surface area (Å²) in [5.41, 5.74) is 5.10. The first-order valence-corrected chi connectivity index (χ1v) is 14.9. The predicted octanol–water partition coefficient (Wildman–Crippen LogP) is 9.66. The third-order valence-electron chi connectivity index (χ3n) is 9.25. The first kappa shape index (κ1) is 26.1. The molecule has 0 radical (unpaired) electrons. The second-order valence-corrected chi connectivity index (χ2v) is 12.5. The summed E-state index contributed by atoms with van der Waals surface area (Å²) in [7, 11) is -0.436. The summed E-state index contributed by atoms with van der Waals surface area (Å²) < 4.78 is 19.0. The van der Waals surface area contributed by atoms with Crippen LogP contribution in [0.2, 0.25) is 0 Å². The van der Waals surface area contributed by atoms with Crippen LogP contribution in [0.15, 0.2) is 126 Å². The Morgan fingerprint density at radius 3 is 1.63 bits per heavy atom. The Bertz CT molecular complexity index is 2080. The molecule has 0 N–H and O–H groups in total. The smallest absolute Gasteiger partial charge is 0.456 e. The van der Waals surface area contributed by atoms with E-state index in [-0.39, 0.29) is 0 Å². The summed E-state index contributed by atoms with van der Waals surface area (Å²) in [6, 6.07) is 43.0. The van der Waals surface area contributed by atoms with E-state index < -0.39 is 18.3 Å². The van der Waals surface area contributed by atoms with E-state index in [1.54, 1.807) is 0 Å². The standard InChI is InChI=1S/C38H32BNO3/c1-37(2)38(3,4)43-39(42-37)29-15-19-33-34-24-32(18-20-35(34)41-36(33)23-29)40(30-16-13-25-9-5-7-11-27(25)21-30)31-17-14-26-10-6-8-12-28(26)22-31/h5-24H,1-4H3. The lowest BCUT2D eigenvalue weighted by molar-refractivity contribution is 0.00578. The monoisotopic (exact) mass is 561 g/mol. The topological polar surface area (TPSA) is 34.8 Å². The molecule has 0 spiro atoms. The van der Waals surface area contributed by atoms with Crippen molar-refractivity contribution in [3.05, 3.63) is 121 Å². The molecule has 1 aliphatic heterocycles. The van der Waals surface area contributed by atoms with Gasteiger partial charge in [-0.1, -0.05) is 72.8 Å². The molecule has 43 heavy (non-hydrogen) atoms. The molecule has 1 aliphatic rings. The van der Waals surface area contributed by atoms with Crippen LogP contribution >= 0.6 is 0 Å². The van der Waals surface area contributed by atoms with Crippen LogP contribution in [-0.2, 0) is 9.31 Å². The van der Waals surface area contributed by atoms with Gasteiger partial charge in [-0.15, -0.1) is 0 Å². The summed E-state index contributed by atoms with van der Waals surface area (Å²) in [6.45, 7) is 8.30. The molecule has 0 atom stereocenters. The quantitative estimate of drug-likeness (QED) is 0.201. The summed E-state index contributed by atoms with van der Waals surface area (Å²) in [5.74, 6) is 0. The molecule has 0 saturated carbocycles. The molecule has 2 heterocycles. The van der Waals surface area contributed by atoms with Crippen LogP contribution in [-0.4, -0.2) is 18.3 Å². The van der Waals surface area contributed by atoms with Crippen molar-refractivity contribution in [3.8, 4) is 0 Å². The zero-order valence-electron chi connectivity index (χ0n) is 24.8. The Balaban J connectivity index is 1.26. The average molecular weight is 561 g/mol. The number of nitrogens with zero attached hydrogens (tertiary/aromatic N) is 1. The molecule has 7 aromatic rings. The van der Waals surface area contributed by atoms with E-state index >= 15 is 0 Å². The predicted molar refractivity (Wildman–Crippen MR) is 179 cm³/mol. The number of hydrogen-bond donors (Lipinski definition) is 0. The van der Waals surface area contributed by atoms with Crippen molar-refractivity contribution < 1.29 is 13.7 Å². The van der Waals surface area contributed by atoms with Crippen LogP contribution in [0.4, 0.5) is 17.1 Å². The van der Waals surface area contributed by atoms with Gasteiger partial charge in [0.15, 0.2) is 0 Å². The largest absolute Gasteiger partial charge is 0.494 e. The maximum Gasteiger partial charge on any atom is 0.494 e. The minimum atomic E-state index is -0.436. The molecule has 1 saturated heterocycles. The Labute approximate surface area is 251 Å². The van der Waals surface area contributed by atoms with Gasteiger partial charge in [0.1, 0.15) is 11.2 Å². The van der Waals surface area contributed by atoms with E-state index in [0.717, 1.165) is 44.5 Å². The lowest BCUT2D eigenvalue weighted by atomic mass is 9.79. The number of hydrogen-bond acceptors (Lipinski definition) is 4. The van der Waals surface area contributed by atoms with E-state index in [2.05, 4.69) is 154 Å². The van der Waals surface area contributed by atoms with Crippen LogP contribution in [0, 0.1) is 0 Å². The van der Waals surface area contributed by atoms with E-state index in [9.17, 15) is 0 Å². The minimum Gasteiger partial charge on any atom is -0.456 e. The van der Waals surface area contributed by atoms with Crippen LogP contribution in [0.5, 0.6) is 0 Å². The molecule has 6 aromatic carbocycles. The fraction of sp³-hybridized carbons (Fsp3) is 0.158. The lowest BCUT2D eigenvalue weighted by Crippen LogP contribution is -2.41. The average Bonchev–Trinajstić information content (AvgIpc) is 3.48. The van der Waals surface area contributed by atoms with E-state index in [1.807, 2.05) is 0 Å². The molecular formula is C38H32BNO3. The van der Waals surface area contributed by atoms with Crippen LogP contribution in [0.25, 0.3) is 43.5 Å². The second-order valence-electron chi connectivity index (χ2n) is 12.5. The number of fused-ring (bicyclic) bond motifs is 5. The van der Waals surface area contributed by atoms with Gasteiger partial charge in [0, 0.05) is 27.8 Å². The highest BCUT2D eigenvalue weighted by molar-refractivity contribution is 6.62. The first-order chi connectivity index (χ1) is 20.8. The van der Waals surface area contributed by atoms with Crippen molar-refractivity contribution in [3.63, 3.8) is 0 Å². The number of benzene rings is 6. The molecule has 4 nitrogen and oxygen atoms in total. The van der Waals surface area contributed by atoms with Crippen LogP contribution in [0.1, 0.15) is 27.7 Å². The minimum absolute atomic E-state index is 0.398. The van der Waals surface area contributed by atoms with E-state index in [1.165, 1.54) is 21.5 Å². The molecule has 1 fully saturated rings. The molecule has 0 unspecified atom stereocenters. The maximum absolute atomic E-state index is 6.39. The normalized spacial score (nSPS) is 16.0.